The molecule has 6 nitrogen and oxygen atoms in total. The zero-order valence-corrected chi connectivity index (χ0v) is 16.0. The summed E-state index contributed by atoms with van der Waals surface area (Å²) >= 11 is 0. The first-order valence-electron chi connectivity index (χ1n) is 8.89. The quantitative estimate of drug-likeness (QED) is 0.803. The molecule has 0 aliphatic carbocycles. The third kappa shape index (κ3) is 4.35. The molecule has 0 saturated carbocycles. The fraction of sp³-hybridized carbons (Fsp3) is 0.421. The fourth-order valence-corrected chi connectivity index (χ4v) is 3.08. The molecule has 9 heteroatoms. The molecule has 1 aromatic carbocycles. The van der Waals surface area contributed by atoms with Gasteiger partial charge in [0.2, 0.25) is 0 Å². The summed E-state index contributed by atoms with van der Waals surface area (Å²) < 4.78 is 38.7. The van der Waals surface area contributed by atoms with E-state index in [2.05, 4.69) is 14.9 Å². The molecule has 0 N–H and O–H groups in total. The number of aromatic nitrogens is 2. The highest BCUT2D eigenvalue weighted by Gasteiger charge is 2.31. The molecule has 2 aromatic rings. The third-order valence-corrected chi connectivity index (χ3v) is 4.60. The molecule has 0 bridgehead atoms. The Morgan fingerprint density at radius 2 is 1.75 bits per heavy atom. The van der Waals surface area contributed by atoms with E-state index in [1.165, 1.54) is 12.1 Å². The van der Waals surface area contributed by atoms with E-state index in [0.29, 0.717) is 32.0 Å². The lowest BCUT2D eigenvalue weighted by molar-refractivity contribution is -0.137. The van der Waals surface area contributed by atoms with Gasteiger partial charge in [-0.3, -0.25) is 4.79 Å². The lowest BCUT2D eigenvalue weighted by Gasteiger charge is -2.35. The number of anilines is 2. The highest BCUT2D eigenvalue weighted by atomic mass is 19.4. The molecule has 150 valence electrons. The molecule has 1 aliphatic heterocycles. The Balaban J connectivity index is 1.70. The minimum Gasteiger partial charge on any atom is -0.363 e. The van der Waals surface area contributed by atoms with Crippen molar-refractivity contribution >= 4 is 17.5 Å². The number of hydrogen-bond donors (Lipinski definition) is 0. The molecule has 0 atom stereocenters. The summed E-state index contributed by atoms with van der Waals surface area (Å²) in [5.41, 5.74) is -0.763. The van der Waals surface area contributed by atoms with Crippen molar-refractivity contribution in [2.24, 2.45) is 0 Å². The summed E-state index contributed by atoms with van der Waals surface area (Å²) in [5, 5.41) is 0. The first-order chi connectivity index (χ1) is 13.1. The van der Waals surface area contributed by atoms with Gasteiger partial charge in [0.1, 0.15) is 17.5 Å². The topological polar surface area (TPSA) is 52.6 Å². The van der Waals surface area contributed by atoms with Crippen LogP contribution in [0.1, 0.15) is 21.7 Å². The van der Waals surface area contributed by atoms with E-state index < -0.39 is 17.6 Å². The number of amides is 1. The second-order valence-corrected chi connectivity index (χ2v) is 6.88. The maximum absolute atomic E-state index is 12.9. The van der Waals surface area contributed by atoms with Crippen LogP contribution < -0.4 is 9.80 Å². The van der Waals surface area contributed by atoms with Crippen LogP contribution in [0, 0.1) is 6.92 Å². The van der Waals surface area contributed by atoms with Crippen LogP contribution in [-0.4, -0.2) is 61.0 Å². The SMILES string of the molecule is Cc1nc(N(C)C)cc(N2CCN(C(=O)c3cccc(C(F)(F)F)c3)CC2)n1. The van der Waals surface area contributed by atoms with E-state index >= 15 is 0 Å². The van der Waals surface area contributed by atoms with Crippen LogP contribution in [0.4, 0.5) is 24.8 Å². The standard InChI is InChI=1S/C19H22F3N5O/c1-13-23-16(25(2)3)12-17(24-13)26-7-9-27(10-8-26)18(28)14-5-4-6-15(11-14)19(20,21)22/h4-6,11-12H,7-10H2,1-3H3. The minimum atomic E-state index is -4.47. The van der Waals surface area contributed by atoms with Gasteiger partial charge in [0.15, 0.2) is 0 Å². The van der Waals surface area contributed by atoms with Gasteiger partial charge >= 0.3 is 6.18 Å². The van der Waals surface area contributed by atoms with Gasteiger partial charge in [-0.1, -0.05) is 6.07 Å². The molecule has 1 aromatic heterocycles. The summed E-state index contributed by atoms with van der Waals surface area (Å²) in [7, 11) is 3.80. The Morgan fingerprint density at radius 3 is 2.36 bits per heavy atom. The molecule has 0 unspecified atom stereocenters. The number of carbonyl (C=O) groups excluding carboxylic acids is 1. The van der Waals surface area contributed by atoms with E-state index in [4.69, 9.17) is 0 Å². The van der Waals surface area contributed by atoms with Crippen LogP contribution in [0.15, 0.2) is 30.3 Å². The van der Waals surface area contributed by atoms with Gasteiger partial charge in [-0.05, 0) is 25.1 Å². The van der Waals surface area contributed by atoms with Crippen LogP contribution in [0.5, 0.6) is 0 Å². The van der Waals surface area contributed by atoms with Crippen LogP contribution in [0.2, 0.25) is 0 Å². The van der Waals surface area contributed by atoms with Crippen molar-refractivity contribution in [2.45, 2.75) is 13.1 Å². The monoisotopic (exact) mass is 393 g/mol. The lowest BCUT2D eigenvalue weighted by atomic mass is 10.1. The number of piperazine rings is 1. The van der Waals surface area contributed by atoms with Crippen molar-refractivity contribution in [3.63, 3.8) is 0 Å². The lowest BCUT2D eigenvalue weighted by Crippen LogP contribution is -2.49. The molecule has 1 fully saturated rings. The molecule has 1 saturated heterocycles. The van der Waals surface area contributed by atoms with Crippen molar-refractivity contribution in [1.29, 1.82) is 0 Å². The summed E-state index contributed by atoms with van der Waals surface area (Å²) in [4.78, 5) is 27.0. The number of nitrogens with zero attached hydrogens (tertiary/aromatic N) is 5. The van der Waals surface area contributed by atoms with Crippen LogP contribution in [-0.2, 0) is 6.18 Å². The maximum atomic E-state index is 12.9. The third-order valence-electron chi connectivity index (χ3n) is 4.60. The molecule has 1 aliphatic rings. The number of hydrogen-bond acceptors (Lipinski definition) is 5. The molecule has 1 amide bonds. The number of rotatable bonds is 3. The Kier molecular flexibility index (Phi) is 5.44. The largest absolute Gasteiger partial charge is 0.416 e. The predicted molar refractivity (Wildman–Crippen MR) is 101 cm³/mol. The van der Waals surface area contributed by atoms with E-state index in [1.807, 2.05) is 32.0 Å². The first-order valence-corrected chi connectivity index (χ1v) is 8.89. The second kappa shape index (κ2) is 7.65. The zero-order valence-electron chi connectivity index (χ0n) is 16.0. The van der Waals surface area contributed by atoms with Crippen molar-refractivity contribution in [1.82, 2.24) is 14.9 Å². The Morgan fingerprint density at radius 1 is 1.07 bits per heavy atom. The molecule has 2 heterocycles. The highest BCUT2D eigenvalue weighted by molar-refractivity contribution is 5.94. The van der Waals surface area contributed by atoms with Gasteiger partial charge in [0.05, 0.1) is 5.56 Å². The van der Waals surface area contributed by atoms with E-state index in [0.717, 1.165) is 23.8 Å². The number of aryl methyl sites for hydroxylation is 1. The summed E-state index contributed by atoms with van der Waals surface area (Å²) in [5.74, 6) is 1.84. The Hall–Kier alpha value is -2.84. The first kappa shape index (κ1) is 19.9. The highest BCUT2D eigenvalue weighted by Crippen LogP contribution is 2.30. The Labute approximate surface area is 161 Å². The van der Waals surface area contributed by atoms with Gasteiger partial charge in [-0.2, -0.15) is 13.2 Å². The number of halogens is 3. The summed E-state index contributed by atoms with van der Waals surface area (Å²) in [6, 6.07) is 6.44. The zero-order chi connectivity index (χ0) is 20.5. The fourth-order valence-electron chi connectivity index (χ4n) is 3.08. The van der Waals surface area contributed by atoms with E-state index in [1.54, 1.807) is 4.90 Å². The van der Waals surface area contributed by atoms with Gasteiger partial charge in [0, 0.05) is 51.9 Å². The number of benzene rings is 1. The number of alkyl halides is 3. The van der Waals surface area contributed by atoms with Crippen molar-refractivity contribution in [2.75, 3.05) is 50.1 Å². The summed E-state index contributed by atoms with van der Waals surface area (Å²) in [6.45, 7) is 3.75. The van der Waals surface area contributed by atoms with Crippen LogP contribution in [0.3, 0.4) is 0 Å². The van der Waals surface area contributed by atoms with Gasteiger partial charge in [0.25, 0.3) is 5.91 Å². The van der Waals surface area contributed by atoms with Gasteiger partial charge in [-0.15, -0.1) is 0 Å². The molecule has 28 heavy (non-hydrogen) atoms. The smallest absolute Gasteiger partial charge is 0.363 e. The van der Waals surface area contributed by atoms with Crippen molar-refractivity contribution < 1.29 is 18.0 Å². The maximum Gasteiger partial charge on any atom is 0.416 e. The molecule has 0 spiro atoms. The van der Waals surface area contributed by atoms with Crippen molar-refractivity contribution in [3.8, 4) is 0 Å². The second-order valence-electron chi connectivity index (χ2n) is 6.88. The average molecular weight is 393 g/mol. The molecule has 3 rings (SSSR count). The average Bonchev–Trinajstić information content (AvgIpc) is 2.66. The Bertz CT molecular complexity index is 861. The van der Waals surface area contributed by atoms with Crippen LogP contribution in [0.25, 0.3) is 0 Å². The summed E-state index contributed by atoms with van der Waals surface area (Å²) in [6.07, 6.45) is -4.47. The minimum absolute atomic E-state index is 0.0519. The van der Waals surface area contributed by atoms with Gasteiger partial charge < -0.3 is 14.7 Å². The number of carbonyl (C=O) groups is 1. The van der Waals surface area contributed by atoms with E-state index in [-0.39, 0.29) is 5.56 Å². The molecular formula is C19H22F3N5O. The van der Waals surface area contributed by atoms with Gasteiger partial charge in [-0.25, -0.2) is 9.97 Å². The van der Waals surface area contributed by atoms with Crippen molar-refractivity contribution in [3.05, 3.63) is 47.3 Å². The molecular weight excluding hydrogens is 371 g/mol. The molecule has 0 radical (unpaired) electrons. The van der Waals surface area contributed by atoms with E-state index in [9.17, 15) is 18.0 Å². The predicted octanol–water partition coefficient (Wildman–Crippen LogP) is 2.83. The normalized spacial score (nSPS) is 14.9. The van der Waals surface area contributed by atoms with Crippen LogP contribution >= 0.6 is 0 Å².